The maximum absolute atomic E-state index is 12.1. The lowest BCUT2D eigenvalue weighted by molar-refractivity contribution is -0.127. The van der Waals surface area contributed by atoms with Crippen LogP contribution in [0, 0.1) is 0 Å². The van der Waals surface area contributed by atoms with Gasteiger partial charge in [-0.3, -0.25) is 14.8 Å². The molecule has 0 fully saturated rings. The highest BCUT2D eigenvalue weighted by Gasteiger charge is 2.20. The van der Waals surface area contributed by atoms with Gasteiger partial charge in [-0.25, -0.2) is 18.0 Å². The van der Waals surface area contributed by atoms with E-state index in [-0.39, 0.29) is 11.3 Å². The molecule has 9 nitrogen and oxygen atoms in total. The Morgan fingerprint density at radius 3 is 2.24 bits per heavy atom. The predicted molar refractivity (Wildman–Crippen MR) is 107 cm³/mol. The number of hydrogen-bond acceptors (Lipinski definition) is 6. The molecule has 0 bridgehead atoms. The van der Waals surface area contributed by atoms with E-state index >= 15 is 0 Å². The van der Waals surface area contributed by atoms with E-state index in [4.69, 9.17) is 10.5 Å². The Bertz CT molecular complexity index is 1020. The van der Waals surface area contributed by atoms with Crippen LogP contribution in [0.1, 0.15) is 22.8 Å². The number of ether oxygens (including phenoxy) is 1. The molecule has 3 amide bonds. The summed E-state index contributed by atoms with van der Waals surface area (Å²) in [6, 6.07) is 13.3. The normalized spacial score (nSPS) is 12.2. The second kappa shape index (κ2) is 9.51. The summed E-state index contributed by atoms with van der Waals surface area (Å²) in [5.74, 6) is -1.68. The second-order valence-corrected chi connectivity index (χ2v) is 7.41. The van der Waals surface area contributed by atoms with E-state index in [1.54, 1.807) is 29.6 Å². The standard InChI is InChI=1S/C19H19N3O6S/c1-13(17(23)21-19(20)25)28-18(24)15-7-9-16(10-8-15)22-29(26,27)12-11-14-5-3-2-4-6-14/h2-13,22H,1H3,(H3,20,21,23,25)/b12-11+/t13-/m0/s1. The zero-order valence-corrected chi connectivity index (χ0v) is 16.2. The fourth-order valence-electron chi connectivity index (χ4n) is 2.11. The molecule has 0 radical (unpaired) electrons. The number of sulfonamides is 1. The number of imide groups is 1. The van der Waals surface area contributed by atoms with Crippen molar-refractivity contribution in [2.45, 2.75) is 13.0 Å². The van der Waals surface area contributed by atoms with Gasteiger partial charge in [-0.05, 0) is 42.8 Å². The molecule has 2 rings (SSSR count). The van der Waals surface area contributed by atoms with E-state index in [0.29, 0.717) is 0 Å². The Kier molecular flexibility index (Phi) is 7.10. The zero-order valence-electron chi connectivity index (χ0n) is 15.4. The summed E-state index contributed by atoms with van der Waals surface area (Å²) in [6.45, 7) is 1.28. The smallest absolute Gasteiger partial charge is 0.338 e. The van der Waals surface area contributed by atoms with Gasteiger partial charge in [-0.15, -0.1) is 0 Å². The van der Waals surface area contributed by atoms with Crippen molar-refractivity contribution in [2.24, 2.45) is 5.73 Å². The van der Waals surface area contributed by atoms with Crippen LogP contribution in [0.3, 0.4) is 0 Å². The lowest BCUT2D eigenvalue weighted by Gasteiger charge is -2.12. The van der Waals surface area contributed by atoms with E-state index in [1.807, 2.05) is 6.07 Å². The first-order valence-corrected chi connectivity index (χ1v) is 9.88. The molecule has 2 aromatic rings. The zero-order chi connectivity index (χ0) is 21.4. The Balaban J connectivity index is 1.98. The number of carbonyl (C=O) groups is 3. The third kappa shape index (κ3) is 7.11. The Morgan fingerprint density at radius 1 is 1.03 bits per heavy atom. The lowest BCUT2D eigenvalue weighted by atomic mass is 10.2. The molecule has 0 heterocycles. The van der Waals surface area contributed by atoms with Crippen molar-refractivity contribution in [1.82, 2.24) is 5.32 Å². The van der Waals surface area contributed by atoms with Crippen LogP contribution in [0.25, 0.3) is 6.08 Å². The van der Waals surface area contributed by atoms with Crippen molar-refractivity contribution < 1.29 is 27.5 Å². The van der Waals surface area contributed by atoms with Gasteiger partial charge in [-0.1, -0.05) is 30.3 Å². The molecule has 1 atom stereocenters. The van der Waals surface area contributed by atoms with Gasteiger partial charge in [-0.2, -0.15) is 0 Å². The largest absolute Gasteiger partial charge is 0.449 e. The Hall–Kier alpha value is -3.66. The summed E-state index contributed by atoms with van der Waals surface area (Å²) in [6.07, 6.45) is 0.211. The molecule has 10 heteroatoms. The van der Waals surface area contributed by atoms with Crippen LogP contribution in [-0.4, -0.2) is 32.4 Å². The third-order valence-corrected chi connectivity index (χ3v) is 4.53. The number of carbonyl (C=O) groups excluding carboxylic acids is 3. The monoisotopic (exact) mass is 417 g/mol. The molecule has 29 heavy (non-hydrogen) atoms. The topological polar surface area (TPSA) is 145 Å². The van der Waals surface area contributed by atoms with Crippen LogP contribution in [0.15, 0.2) is 60.0 Å². The minimum absolute atomic E-state index is 0.0894. The highest BCUT2D eigenvalue weighted by molar-refractivity contribution is 7.95. The number of primary amides is 1. The number of anilines is 1. The van der Waals surface area contributed by atoms with Crippen molar-refractivity contribution in [3.8, 4) is 0 Å². The molecule has 4 N–H and O–H groups in total. The molecule has 0 aliphatic rings. The van der Waals surface area contributed by atoms with Gasteiger partial charge in [0.2, 0.25) is 0 Å². The predicted octanol–water partition coefficient (Wildman–Crippen LogP) is 1.84. The third-order valence-electron chi connectivity index (χ3n) is 3.52. The van der Waals surface area contributed by atoms with Crippen molar-refractivity contribution in [3.05, 3.63) is 71.1 Å². The summed E-state index contributed by atoms with van der Waals surface area (Å²) in [5.41, 5.74) is 5.87. The minimum Gasteiger partial charge on any atom is -0.449 e. The van der Waals surface area contributed by atoms with Gasteiger partial charge >= 0.3 is 12.0 Å². The first-order valence-electron chi connectivity index (χ1n) is 8.33. The van der Waals surface area contributed by atoms with Crippen molar-refractivity contribution in [1.29, 1.82) is 0 Å². The SMILES string of the molecule is C[C@H](OC(=O)c1ccc(NS(=O)(=O)/C=C/c2ccccc2)cc1)C(=O)NC(N)=O. The van der Waals surface area contributed by atoms with Gasteiger partial charge in [0.1, 0.15) is 0 Å². The van der Waals surface area contributed by atoms with Crippen LogP contribution < -0.4 is 15.8 Å². The number of urea groups is 1. The molecule has 0 aliphatic carbocycles. The van der Waals surface area contributed by atoms with E-state index in [0.717, 1.165) is 11.0 Å². The van der Waals surface area contributed by atoms with Gasteiger partial charge < -0.3 is 10.5 Å². The van der Waals surface area contributed by atoms with E-state index in [1.165, 1.54) is 37.3 Å². The fourth-order valence-corrected chi connectivity index (χ4v) is 2.98. The molecule has 0 saturated carbocycles. The second-order valence-electron chi connectivity index (χ2n) is 5.84. The van der Waals surface area contributed by atoms with Crippen LogP contribution in [0.5, 0.6) is 0 Å². The highest BCUT2D eigenvalue weighted by Crippen LogP contribution is 2.14. The molecule has 152 valence electrons. The quantitative estimate of drug-likeness (QED) is 0.586. The average Bonchev–Trinajstić information content (AvgIpc) is 2.67. The summed E-state index contributed by atoms with van der Waals surface area (Å²) in [5, 5.41) is 2.83. The molecule has 0 aliphatic heterocycles. The minimum atomic E-state index is -3.75. The summed E-state index contributed by atoms with van der Waals surface area (Å²) in [4.78, 5) is 34.2. The van der Waals surface area contributed by atoms with Gasteiger partial charge in [0.05, 0.1) is 11.0 Å². The van der Waals surface area contributed by atoms with E-state index in [9.17, 15) is 22.8 Å². The molecule has 0 spiro atoms. The molecular formula is C19H19N3O6S. The molecule has 0 unspecified atom stereocenters. The lowest BCUT2D eigenvalue weighted by Crippen LogP contribution is -2.42. The first-order chi connectivity index (χ1) is 13.7. The Morgan fingerprint density at radius 2 is 1.66 bits per heavy atom. The number of esters is 1. The highest BCUT2D eigenvalue weighted by atomic mass is 32.2. The van der Waals surface area contributed by atoms with Crippen molar-refractivity contribution in [2.75, 3.05) is 4.72 Å². The molecule has 0 aromatic heterocycles. The molecule has 0 saturated heterocycles. The maximum atomic E-state index is 12.1. The van der Waals surface area contributed by atoms with Gasteiger partial charge in [0.15, 0.2) is 6.10 Å². The van der Waals surface area contributed by atoms with Crippen LogP contribution >= 0.6 is 0 Å². The van der Waals surface area contributed by atoms with Crippen LogP contribution in [-0.2, 0) is 19.6 Å². The van der Waals surface area contributed by atoms with Crippen molar-refractivity contribution >= 4 is 39.7 Å². The van der Waals surface area contributed by atoms with Gasteiger partial charge in [0.25, 0.3) is 15.9 Å². The fraction of sp³-hybridized carbons (Fsp3) is 0.105. The number of amides is 3. The van der Waals surface area contributed by atoms with Crippen LogP contribution in [0.2, 0.25) is 0 Å². The molecule has 2 aromatic carbocycles. The number of rotatable bonds is 7. The first kappa shape index (κ1) is 21.6. The van der Waals surface area contributed by atoms with E-state index in [2.05, 4.69) is 4.72 Å². The maximum Gasteiger partial charge on any atom is 0.338 e. The average molecular weight is 417 g/mol. The molecular weight excluding hydrogens is 398 g/mol. The van der Waals surface area contributed by atoms with Gasteiger partial charge in [0, 0.05) is 5.69 Å². The summed E-state index contributed by atoms with van der Waals surface area (Å²) >= 11 is 0. The van der Waals surface area contributed by atoms with E-state index < -0.39 is 34.0 Å². The summed E-state index contributed by atoms with van der Waals surface area (Å²) in [7, 11) is -3.75. The van der Waals surface area contributed by atoms with Crippen LogP contribution in [0.4, 0.5) is 10.5 Å². The number of hydrogen-bond donors (Lipinski definition) is 3. The Labute approximate surface area is 167 Å². The summed E-state index contributed by atoms with van der Waals surface area (Å²) < 4.78 is 31.5. The number of nitrogens with two attached hydrogens (primary N) is 1. The van der Waals surface area contributed by atoms with Crippen molar-refractivity contribution in [3.63, 3.8) is 0 Å². The number of nitrogens with one attached hydrogen (secondary N) is 2. The number of benzene rings is 2.